The van der Waals surface area contributed by atoms with Gasteiger partial charge in [0.2, 0.25) is 0 Å². The molecule has 0 saturated carbocycles. The third kappa shape index (κ3) is 4.58. The molecule has 0 aliphatic heterocycles. The monoisotopic (exact) mass is 482 g/mol. The standard InChI is InChI=1S/C21H14F4N2O3S2/c1-10-16(31-20(26-10)11-5-6-12(13(22)7-11)21(23,24)25)9-30-15-4-2-3-14-19(15)32-17(27-14)8-18(28)29/h2-7H,8-9H2,1H3,(H,28,29). The van der Waals surface area contributed by atoms with Gasteiger partial charge in [-0.3, -0.25) is 4.79 Å². The first-order valence-corrected chi connectivity index (χ1v) is 10.8. The number of alkyl halides is 3. The highest BCUT2D eigenvalue weighted by atomic mass is 32.1. The van der Waals surface area contributed by atoms with Crippen LogP contribution < -0.4 is 4.74 Å². The summed E-state index contributed by atoms with van der Waals surface area (Å²) in [4.78, 5) is 20.3. The van der Waals surface area contributed by atoms with Gasteiger partial charge in [0, 0.05) is 5.56 Å². The molecular weight excluding hydrogens is 468 g/mol. The van der Waals surface area contributed by atoms with Crippen molar-refractivity contribution < 1.29 is 32.2 Å². The second-order valence-corrected chi connectivity index (χ2v) is 8.96. The zero-order valence-electron chi connectivity index (χ0n) is 16.4. The molecule has 0 atom stereocenters. The zero-order chi connectivity index (χ0) is 23.0. The quantitative estimate of drug-likeness (QED) is 0.337. The van der Waals surface area contributed by atoms with Gasteiger partial charge in [0.15, 0.2) is 0 Å². The van der Waals surface area contributed by atoms with E-state index in [1.54, 1.807) is 25.1 Å². The Bertz CT molecular complexity index is 1310. The molecule has 2 aromatic heterocycles. The van der Waals surface area contributed by atoms with Gasteiger partial charge in [0.25, 0.3) is 0 Å². The van der Waals surface area contributed by atoms with Gasteiger partial charge in [0.05, 0.1) is 32.8 Å². The maximum Gasteiger partial charge on any atom is 0.419 e. The lowest BCUT2D eigenvalue weighted by atomic mass is 10.1. The van der Waals surface area contributed by atoms with E-state index in [0.29, 0.717) is 33.0 Å². The van der Waals surface area contributed by atoms with Gasteiger partial charge < -0.3 is 9.84 Å². The molecule has 0 unspecified atom stereocenters. The van der Waals surface area contributed by atoms with Crippen LogP contribution >= 0.6 is 22.7 Å². The summed E-state index contributed by atoms with van der Waals surface area (Å²) in [7, 11) is 0. The van der Waals surface area contributed by atoms with E-state index in [2.05, 4.69) is 9.97 Å². The summed E-state index contributed by atoms with van der Waals surface area (Å²) in [5.41, 5.74) is 0.176. The maximum atomic E-state index is 13.9. The first-order valence-electron chi connectivity index (χ1n) is 9.18. The number of ether oxygens (including phenoxy) is 1. The number of aliphatic carboxylic acids is 1. The van der Waals surface area contributed by atoms with Crippen molar-refractivity contribution in [3.63, 3.8) is 0 Å². The van der Waals surface area contributed by atoms with Crippen molar-refractivity contribution in [3.05, 3.63) is 63.4 Å². The minimum atomic E-state index is -4.76. The number of benzene rings is 2. The Labute approximate surface area is 187 Å². The average Bonchev–Trinajstić information content (AvgIpc) is 3.27. The molecule has 5 nitrogen and oxygen atoms in total. The van der Waals surface area contributed by atoms with Gasteiger partial charge in [-0.15, -0.1) is 22.7 Å². The summed E-state index contributed by atoms with van der Waals surface area (Å²) in [6.45, 7) is 1.87. The van der Waals surface area contributed by atoms with Crippen LogP contribution in [0, 0.1) is 12.7 Å². The van der Waals surface area contributed by atoms with E-state index in [0.717, 1.165) is 15.6 Å². The summed E-state index contributed by atoms with van der Waals surface area (Å²) in [6, 6.07) is 7.98. The number of fused-ring (bicyclic) bond motifs is 1. The fourth-order valence-corrected chi connectivity index (χ4v) is 4.99. The SMILES string of the molecule is Cc1nc(-c2ccc(C(F)(F)F)c(F)c2)sc1COc1cccc2nc(CC(=O)O)sc12. The summed E-state index contributed by atoms with van der Waals surface area (Å²) in [5, 5.41) is 9.81. The second-order valence-electron chi connectivity index (χ2n) is 6.79. The van der Waals surface area contributed by atoms with E-state index < -0.39 is 23.5 Å². The highest BCUT2D eigenvalue weighted by Gasteiger charge is 2.34. The van der Waals surface area contributed by atoms with Gasteiger partial charge in [0.1, 0.15) is 28.2 Å². The number of carboxylic acid groups (broad SMARTS) is 1. The topological polar surface area (TPSA) is 72.3 Å². The van der Waals surface area contributed by atoms with E-state index in [4.69, 9.17) is 9.84 Å². The minimum absolute atomic E-state index is 0.137. The Morgan fingerprint density at radius 3 is 2.62 bits per heavy atom. The Balaban J connectivity index is 1.55. The normalized spacial score (nSPS) is 11.8. The molecule has 0 fully saturated rings. The molecule has 32 heavy (non-hydrogen) atoms. The Morgan fingerprint density at radius 2 is 1.94 bits per heavy atom. The van der Waals surface area contributed by atoms with Gasteiger partial charge in [-0.2, -0.15) is 13.2 Å². The lowest BCUT2D eigenvalue weighted by Gasteiger charge is -2.08. The molecular formula is C21H14F4N2O3S2. The number of aromatic nitrogens is 2. The molecule has 0 aliphatic carbocycles. The molecule has 0 spiro atoms. The van der Waals surface area contributed by atoms with Gasteiger partial charge in [-0.05, 0) is 31.2 Å². The number of rotatable bonds is 6. The predicted molar refractivity (Wildman–Crippen MR) is 113 cm³/mol. The fraction of sp³-hybridized carbons (Fsp3) is 0.190. The van der Waals surface area contributed by atoms with Crippen molar-refractivity contribution >= 4 is 38.9 Å². The molecule has 2 heterocycles. The first-order chi connectivity index (χ1) is 15.1. The molecule has 4 aromatic rings. The smallest absolute Gasteiger partial charge is 0.419 e. The van der Waals surface area contributed by atoms with Crippen LogP contribution in [0.25, 0.3) is 20.8 Å². The van der Waals surface area contributed by atoms with E-state index in [-0.39, 0.29) is 18.6 Å². The molecule has 0 bridgehead atoms. The Morgan fingerprint density at radius 1 is 1.16 bits per heavy atom. The Kier molecular flexibility index (Phi) is 5.87. The average molecular weight is 482 g/mol. The van der Waals surface area contributed by atoms with Crippen LogP contribution in [0.15, 0.2) is 36.4 Å². The molecule has 0 saturated heterocycles. The molecule has 0 amide bonds. The second kappa shape index (κ2) is 8.47. The molecule has 0 radical (unpaired) electrons. The molecule has 11 heteroatoms. The van der Waals surface area contributed by atoms with Crippen molar-refractivity contribution in [3.8, 4) is 16.3 Å². The molecule has 4 rings (SSSR count). The Hall–Kier alpha value is -3.05. The minimum Gasteiger partial charge on any atom is -0.486 e. The number of aryl methyl sites for hydroxylation is 1. The maximum absolute atomic E-state index is 13.9. The van der Waals surface area contributed by atoms with Crippen molar-refractivity contribution in [1.29, 1.82) is 0 Å². The summed E-state index contributed by atoms with van der Waals surface area (Å²) in [5.74, 6) is -1.79. The highest BCUT2D eigenvalue weighted by Crippen LogP contribution is 2.36. The summed E-state index contributed by atoms with van der Waals surface area (Å²) < 4.78 is 58.9. The van der Waals surface area contributed by atoms with Crippen LogP contribution in [0.4, 0.5) is 17.6 Å². The number of thiazole rings is 2. The van der Waals surface area contributed by atoms with E-state index in [1.165, 1.54) is 28.7 Å². The lowest BCUT2D eigenvalue weighted by Crippen LogP contribution is -2.07. The highest BCUT2D eigenvalue weighted by molar-refractivity contribution is 7.19. The molecule has 166 valence electrons. The van der Waals surface area contributed by atoms with Crippen LogP contribution in [0.5, 0.6) is 5.75 Å². The van der Waals surface area contributed by atoms with Crippen molar-refractivity contribution in [2.24, 2.45) is 0 Å². The van der Waals surface area contributed by atoms with E-state index in [9.17, 15) is 22.4 Å². The van der Waals surface area contributed by atoms with Crippen molar-refractivity contribution in [2.45, 2.75) is 26.1 Å². The zero-order valence-corrected chi connectivity index (χ0v) is 18.0. The fourth-order valence-electron chi connectivity index (χ4n) is 3.00. The molecule has 2 aromatic carbocycles. The number of carboxylic acids is 1. The lowest BCUT2D eigenvalue weighted by molar-refractivity contribution is -0.140. The van der Waals surface area contributed by atoms with Crippen LogP contribution in [0.2, 0.25) is 0 Å². The van der Waals surface area contributed by atoms with Crippen LogP contribution in [0.3, 0.4) is 0 Å². The van der Waals surface area contributed by atoms with Gasteiger partial charge in [-0.25, -0.2) is 14.4 Å². The van der Waals surface area contributed by atoms with Crippen molar-refractivity contribution in [1.82, 2.24) is 9.97 Å². The third-order valence-corrected chi connectivity index (χ3v) is 6.76. The number of hydrogen-bond acceptors (Lipinski definition) is 6. The predicted octanol–water partition coefficient (Wildman–Crippen LogP) is 6.09. The van der Waals surface area contributed by atoms with Gasteiger partial charge in [-0.1, -0.05) is 12.1 Å². The number of carbonyl (C=O) groups is 1. The first kappa shape index (κ1) is 22.2. The summed E-state index contributed by atoms with van der Waals surface area (Å²) in [6.07, 6.45) is -4.94. The number of halogens is 4. The summed E-state index contributed by atoms with van der Waals surface area (Å²) >= 11 is 2.43. The molecule has 1 N–H and O–H groups in total. The molecule has 0 aliphatic rings. The van der Waals surface area contributed by atoms with Crippen LogP contribution in [-0.4, -0.2) is 21.0 Å². The van der Waals surface area contributed by atoms with Crippen molar-refractivity contribution in [2.75, 3.05) is 0 Å². The van der Waals surface area contributed by atoms with Crippen LogP contribution in [0.1, 0.15) is 21.1 Å². The third-order valence-electron chi connectivity index (χ3n) is 4.50. The largest absolute Gasteiger partial charge is 0.486 e. The van der Waals surface area contributed by atoms with Gasteiger partial charge >= 0.3 is 12.1 Å². The number of hydrogen-bond donors (Lipinski definition) is 1. The van der Waals surface area contributed by atoms with E-state index >= 15 is 0 Å². The van der Waals surface area contributed by atoms with E-state index in [1.807, 2.05) is 0 Å². The van der Waals surface area contributed by atoms with Crippen LogP contribution in [-0.2, 0) is 24.0 Å². The number of nitrogens with zero attached hydrogens (tertiary/aromatic N) is 2.